The van der Waals surface area contributed by atoms with Crippen LogP contribution in [0.15, 0.2) is 66.5 Å². The third-order valence-corrected chi connectivity index (χ3v) is 4.35. The topological polar surface area (TPSA) is 38.3 Å². The number of hydrogen-bond donors (Lipinski definition) is 1. The van der Waals surface area contributed by atoms with Crippen molar-refractivity contribution in [2.24, 2.45) is 0 Å². The molecule has 0 atom stereocenters. The Kier molecular flexibility index (Phi) is 13.6. The Balaban J connectivity index is 2.07. The number of rotatable bonds is 16. The first-order valence-corrected chi connectivity index (χ1v) is 10.1. The van der Waals surface area contributed by atoms with Gasteiger partial charge in [-0.2, -0.15) is 0 Å². The van der Waals surface area contributed by atoms with Gasteiger partial charge in [-0.15, -0.1) is 0 Å². The quantitative estimate of drug-likeness (QED) is 0.184. The second-order valence-corrected chi connectivity index (χ2v) is 6.62. The third-order valence-electron chi connectivity index (χ3n) is 4.35. The number of carbonyl (C=O) groups excluding carboxylic acids is 1. The number of aldehydes is 1. The lowest BCUT2D eigenvalue weighted by Crippen LogP contribution is -2.16. The zero-order chi connectivity index (χ0) is 19.6. The summed E-state index contributed by atoms with van der Waals surface area (Å²) in [5.41, 5.74) is 2.68. The van der Waals surface area contributed by atoms with Crippen molar-refractivity contribution in [1.29, 1.82) is 0 Å². The smallest absolute Gasteiger partial charge is 0.121 e. The fraction of sp³-hybridized carbons (Fsp3) is 0.458. The molecule has 0 amide bonds. The van der Waals surface area contributed by atoms with Crippen LogP contribution in [0.3, 0.4) is 0 Å². The van der Waals surface area contributed by atoms with Crippen LogP contribution in [-0.2, 0) is 16.0 Å². The largest absolute Gasteiger partial charge is 0.494 e. The molecular formula is C24H35NO2. The summed E-state index contributed by atoms with van der Waals surface area (Å²) in [5, 5.41) is 3.26. The van der Waals surface area contributed by atoms with E-state index in [1.54, 1.807) is 0 Å². The maximum absolute atomic E-state index is 10.2. The van der Waals surface area contributed by atoms with Crippen LogP contribution in [0.1, 0.15) is 51.0 Å². The molecule has 1 aromatic rings. The lowest BCUT2D eigenvalue weighted by atomic mass is 10.1. The minimum absolute atomic E-state index is 0.583. The van der Waals surface area contributed by atoms with Gasteiger partial charge >= 0.3 is 0 Å². The van der Waals surface area contributed by atoms with Crippen molar-refractivity contribution in [2.75, 3.05) is 19.7 Å². The lowest BCUT2D eigenvalue weighted by molar-refractivity contribution is -0.107. The molecule has 0 aliphatic rings. The van der Waals surface area contributed by atoms with E-state index in [-0.39, 0.29) is 0 Å². The minimum Gasteiger partial charge on any atom is -0.494 e. The van der Waals surface area contributed by atoms with Gasteiger partial charge in [-0.1, -0.05) is 54.6 Å². The molecule has 0 spiro atoms. The molecule has 1 N–H and O–H groups in total. The van der Waals surface area contributed by atoms with Crippen LogP contribution in [0, 0.1) is 0 Å². The van der Waals surface area contributed by atoms with Crippen LogP contribution >= 0.6 is 0 Å². The number of benzene rings is 1. The highest BCUT2D eigenvalue weighted by Gasteiger charge is 1.96. The Morgan fingerprint density at radius 3 is 2.63 bits per heavy atom. The molecule has 3 heteroatoms. The summed E-state index contributed by atoms with van der Waals surface area (Å²) >= 11 is 0. The molecule has 0 bridgehead atoms. The summed E-state index contributed by atoms with van der Waals surface area (Å²) in [7, 11) is 0. The molecule has 0 aliphatic carbocycles. The van der Waals surface area contributed by atoms with Gasteiger partial charge in [-0.05, 0) is 63.6 Å². The van der Waals surface area contributed by atoms with Crippen molar-refractivity contribution in [2.45, 2.75) is 51.9 Å². The summed E-state index contributed by atoms with van der Waals surface area (Å²) < 4.78 is 5.71. The van der Waals surface area contributed by atoms with Crippen LogP contribution in [0.5, 0.6) is 0 Å². The van der Waals surface area contributed by atoms with E-state index in [9.17, 15) is 4.79 Å². The number of carbonyl (C=O) groups is 1. The molecule has 0 saturated carbocycles. The maximum atomic E-state index is 10.2. The highest BCUT2D eigenvalue weighted by Crippen LogP contribution is 2.10. The van der Waals surface area contributed by atoms with Gasteiger partial charge in [0.2, 0.25) is 0 Å². The Morgan fingerprint density at radius 2 is 1.89 bits per heavy atom. The van der Waals surface area contributed by atoms with Crippen molar-refractivity contribution in [3.63, 3.8) is 0 Å². The molecule has 0 fully saturated rings. The fourth-order valence-corrected chi connectivity index (χ4v) is 2.73. The average molecular weight is 370 g/mol. The third kappa shape index (κ3) is 12.8. The second-order valence-electron chi connectivity index (χ2n) is 6.62. The van der Waals surface area contributed by atoms with E-state index in [1.165, 1.54) is 24.0 Å². The highest BCUT2D eigenvalue weighted by atomic mass is 16.5. The van der Waals surface area contributed by atoms with Crippen LogP contribution in [0.2, 0.25) is 0 Å². The monoisotopic (exact) mass is 369 g/mol. The van der Waals surface area contributed by atoms with Crippen molar-refractivity contribution in [1.82, 2.24) is 5.32 Å². The van der Waals surface area contributed by atoms with E-state index in [0.717, 1.165) is 57.4 Å². The molecular weight excluding hydrogens is 334 g/mol. The summed E-state index contributed by atoms with van der Waals surface area (Å²) in [6.45, 7) is 8.45. The average Bonchev–Trinajstić information content (AvgIpc) is 2.70. The highest BCUT2D eigenvalue weighted by molar-refractivity contribution is 5.49. The Labute approximate surface area is 165 Å². The number of allylic oxidation sites excluding steroid dienone is 4. The molecule has 0 aromatic heterocycles. The Morgan fingerprint density at radius 1 is 1.07 bits per heavy atom. The van der Waals surface area contributed by atoms with Crippen LogP contribution in [0.4, 0.5) is 0 Å². The van der Waals surface area contributed by atoms with Gasteiger partial charge in [0.05, 0.1) is 6.61 Å². The SMILES string of the molecule is C=C(/C=C\C(=C/C)CCCNCCC=O)OCCCCCc1ccccc1. The zero-order valence-electron chi connectivity index (χ0n) is 16.8. The predicted octanol–water partition coefficient (Wildman–Crippen LogP) is 5.39. The van der Waals surface area contributed by atoms with E-state index in [4.69, 9.17) is 4.74 Å². The van der Waals surface area contributed by atoms with E-state index in [0.29, 0.717) is 6.42 Å². The lowest BCUT2D eigenvalue weighted by Gasteiger charge is -2.07. The second kappa shape index (κ2) is 16.1. The molecule has 148 valence electrons. The standard InChI is InChI=1S/C24H35NO2/c1-3-23(15-10-18-25-19-11-20-26)17-16-22(2)27-21-9-5-8-14-24-12-6-4-7-13-24/h3-4,6-7,12-13,16-17,20,25H,2,5,8-11,14-15,18-19,21H2,1H3/b17-16-,23-3-. The number of aryl methyl sites for hydroxylation is 1. The van der Waals surface area contributed by atoms with Gasteiger partial charge in [0.1, 0.15) is 12.0 Å². The van der Waals surface area contributed by atoms with E-state index in [1.807, 2.05) is 6.08 Å². The summed E-state index contributed by atoms with van der Waals surface area (Å²) in [4.78, 5) is 10.2. The van der Waals surface area contributed by atoms with Gasteiger partial charge in [0, 0.05) is 13.0 Å². The van der Waals surface area contributed by atoms with Crippen LogP contribution < -0.4 is 5.32 Å². The molecule has 27 heavy (non-hydrogen) atoms. The fourth-order valence-electron chi connectivity index (χ4n) is 2.73. The first-order chi connectivity index (χ1) is 13.3. The van der Waals surface area contributed by atoms with Gasteiger partial charge in [0.25, 0.3) is 0 Å². The molecule has 1 aromatic carbocycles. The molecule has 0 radical (unpaired) electrons. The molecule has 3 nitrogen and oxygen atoms in total. The molecule has 0 saturated heterocycles. The molecule has 0 heterocycles. The molecule has 1 rings (SSSR count). The van der Waals surface area contributed by atoms with E-state index in [2.05, 4.69) is 61.3 Å². The maximum Gasteiger partial charge on any atom is 0.121 e. The van der Waals surface area contributed by atoms with Gasteiger partial charge in [-0.3, -0.25) is 0 Å². The minimum atomic E-state index is 0.583. The number of unbranched alkanes of at least 4 members (excludes halogenated alkanes) is 2. The first-order valence-electron chi connectivity index (χ1n) is 10.1. The van der Waals surface area contributed by atoms with E-state index >= 15 is 0 Å². The zero-order valence-corrected chi connectivity index (χ0v) is 16.8. The van der Waals surface area contributed by atoms with E-state index < -0.39 is 0 Å². The number of hydrogen-bond acceptors (Lipinski definition) is 3. The first kappa shape index (κ1) is 22.9. The molecule has 0 aliphatic heterocycles. The van der Waals surface area contributed by atoms with Crippen molar-refractivity contribution < 1.29 is 9.53 Å². The van der Waals surface area contributed by atoms with Crippen LogP contribution in [-0.4, -0.2) is 26.0 Å². The summed E-state index contributed by atoms with van der Waals surface area (Å²) in [5.74, 6) is 0.724. The Hall–Kier alpha value is -2.13. The van der Waals surface area contributed by atoms with Crippen molar-refractivity contribution in [3.8, 4) is 0 Å². The summed E-state index contributed by atoms with van der Waals surface area (Å²) in [6.07, 6.45) is 14.3. The van der Waals surface area contributed by atoms with Crippen LogP contribution in [0.25, 0.3) is 0 Å². The summed E-state index contributed by atoms with van der Waals surface area (Å²) in [6, 6.07) is 10.6. The van der Waals surface area contributed by atoms with Crippen molar-refractivity contribution in [3.05, 3.63) is 72.0 Å². The predicted molar refractivity (Wildman–Crippen MR) is 115 cm³/mol. The normalized spacial score (nSPS) is 11.7. The van der Waals surface area contributed by atoms with Gasteiger partial charge < -0.3 is 14.8 Å². The number of ether oxygens (including phenoxy) is 1. The molecule has 0 unspecified atom stereocenters. The van der Waals surface area contributed by atoms with Gasteiger partial charge in [-0.25, -0.2) is 0 Å². The number of nitrogens with one attached hydrogen (secondary N) is 1. The van der Waals surface area contributed by atoms with Gasteiger partial charge in [0.15, 0.2) is 0 Å². The van der Waals surface area contributed by atoms with Crippen molar-refractivity contribution >= 4 is 6.29 Å². The Bertz CT molecular complexity index is 575.